The maximum Gasteiger partial charge on any atom is 0.183 e. The van der Waals surface area contributed by atoms with Crippen molar-refractivity contribution in [2.75, 3.05) is 36.0 Å². The average Bonchev–Trinajstić information content (AvgIpc) is 3.17. The number of pyridine rings is 1. The highest BCUT2D eigenvalue weighted by atomic mass is 19.1. The molecule has 122 valence electrons. The van der Waals surface area contributed by atoms with E-state index in [0.29, 0.717) is 18.9 Å². The van der Waals surface area contributed by atoms with Crippen LogP contribution in [0.25, 0.3) is 5.82 Å². The van der Waals surface area contributed by atoms with Gasteiger partial charge in [-0.25, -0.2) is 24.0 Å². The molecule has 1 fully saturated rings. The average molecular weight is 325 g/mol. The molecule has 4 rings (SSSR count). The van der Waals surface area contributed by atoms with Crippen molar-refractivity contribution < 1.29 is 4.39 Å². The SMILES string of the molecule is Fc1cncnc1N1CCN(c2cccc(-n3cccn3)n2)CC1. The fraction of sp³-hybridized carbons (Fsp3) is 0.250. The molecule has 0 N–H and O–H groups in total. The lowest BCUT2D eigenvalue weighted by molar-refractivity contribution is 0.581. The smallest absolute Gasteiger partial charge is 0.183 e. The van der Waals surface area contributed by atoms with Gasteiger partial charge in [0.25, 0.3) is 0 Å². The van der Waals surface area contributed by atoms with Crippen LogP contribution in [0.5, 0.6) is 0 Å². The first kappa shape index (κ1) is 14.6. The Bertz CT molecular complexity index is 813. The zero-order chi connectivity index (χ0) is 16.4. The molecule has 0 atom stereocenters. The van der Waals surface area contributed by atoms with E-state index in [-0.39, 0.29) is 5.82 Å². The maximum absolute atomic E-state index is 13.8. The molecule has 7 nitrogen and oxygen atoms in total. The van der Waals surface area contributed by atoms with Gasteiger partial charge in [0.15, 0.2) is 17.5 Å². The highest BCUT2D eigenvalue weighted by Crippen LogP contribution is 2.20. The van der Waals surface area contributed by atoms with Crippen LogP contribution in [0.1, 0.15) is 0 Å². The van der Waals surface area contributed by atoms with Crippen molar-refractivity contribution in [3.8, 4) is 5.82 Å². The largest absolute Gasteiger partial charge is 0.353 e. The molecule has 0 amide bonds. The molecule has 0 aromatic carbocycles. The summed E-state index contributed by atoms with van der Waals surface area (Å²) in [4.78, 5) is 16.5. The van der Waals surface area contributed by atoms with Crippen molar-refractivity contribution in [1.29, 1.82) is 0 Å². The Morgan fingerprint density at radius 1 is 0.958 bits per heavy atom. The lowest BCUT2D eigenvalue weighted by Gasteiger charge is -2.36. The summed E-state index contributed by atoms with van der Waals surface area (Å²) in [7, 11) is 0. The Morgan fingerprint density at radius 3 is 2.50 bits per heavy atom. The molecule has 0 bridgehead atoms. The van der Waals surface area contributed by atoms with Gasteiger partial charge in [-0.05, 0) is 18.2 Å². The second-order valence-corrected chi connectivity index (χ2v) is 5.47. The minimum atomic E-state index is -0.384. The van der Waals surface area contributed by atoms with Gasteiger partial charge in [-0.3, -0.25) is 0 Å². The van der Waals surface area contributed by atoms with Crippen molar-refractivity contribution in [3.63, 3.8) is 0 Å². The van der Waals surface area contributed by atoms with Crippen LogP contribution >= 0.6 is 0 Å². The normalized spacial score (nSPS) is 14.9. The van der Waals surface area contributed by atoms with Gasteiger partial charge in [0, 0.05) is 38.6 Å². The number of halogens is 1. The van der Waals surface area contributed by atoms with Gasteiger partial charge < -0.3 is 9.80 Å². The number of aromatic nitrogens is 5. The quantitative estimate of drug-likeness (QED) is 0.728. The third kappa shape index (κ3) is 2.78. The Morgan fingerprint density at radius 2 is 1.75 bits per heavy atom. The van der Waals surface area contributed by atoms with E-state index in [1.165, 1.54) is 12.5 Å². The molecule has 1 saturated heterocycles. The molecule has 1 aliphatic heterocycles. The number of piperazine rings is 1. The zero-order valence-electron chi connectivity index (χ0n) is 13.0. The summed E-state index contributed by atoms with van der Waals surface area (Å²) < 4.78 is 15.5. The minimum absolute atomic E-state index is 0.364. The van der Waals surface area contributed by atoms with Crippen LogP contribution in [0.15, 0.2) is 49.2 Å². The third-order valence-corrected chi connectivity index (χ3v) is 4.01. The number of hydrogen-bond donors (Lipinski definition) is 0. The summed E-state index contributed by atoms with van der Waals surface area (Å²) in [6, 6.07) is 7.73. The molecule has 0 spiro atoms. The van der Waals surface area contributed by atoms with Crippen LogP contribution in [-0.2, 0) is 0 Å². The zero-order valence-corrected chi connectivity index (χ0v) is 13.0. The molecule has 0 aliphatic carbocycles. The Hall–Kier alpha value is -3.03. The fourth-order valence-corrected chi connectivity index (χ4v) is 2.81. The Kier molecular flexibility index (Phi) is 3.78. The molecule has 1 aliphatic rings. The van der Waals surface area contributed by atoms with E-state index in [0.717, 1.165) is 24.7 Å². The van der Waals surface area contributed by atoms with Crippen LogP contribution in [0, 0.1) is 5.82 Å². The maximum atomic E-state index is 13.8. The van der Waals surface area contributed by atoms with E-state index in [4.69, 9.17) is 0 Å². The number of rotatable bonds is 3. The van der Waals surface area contributed by atoms with Gasteiger partial charge in [-0.1, -0.05) is 6.07 Å². The molecule has 3 aromatic heterocycles. The van der Waals surface area contributed by atoms with Crippen molar-refractivity contribution in [1.82, 2.24) is 24.7 Å². The van der Waals surface area contributed by atoms with Crippen molar-refractivity contribution in [3.05, 3.63) is 55.0 Å². The van der Waals surface area contributed by atoms with Gasteiger partial charge in [0.2, 0.25) is 0 Å². The van der Waals surface area contributed by atoms with Gasteiger partial charge in [-0.2, -0.15) is 5.10 Å². The molecule has 24 heavy (non-hydrogen) atoms. The van der Waals surface area contributed by atoms with E-state index in [9.17, 15) is 4.39 Å². The van der Waals surface area contributed by atoms with Crippen molar-refractivity contribution in [2.45, 2.75) is 0 Å². The third-order valence-electron chi connectivity index (χ3n) is 4.01. The number of nitrogens with zero attached hydrogens (tertiary/aromatic N) is 7. The van der Waals surface area contributed by atoms with Crippen molar-refractivity contribution >= 4 is 11.6 Å². The van der Waals surface area contributed by atoms with Gasteiger partial charge >= 0.3 is 0 Å². The summed E-state index contributed by atoms with van der Waals surface area (Å²) in [5, 5.41) is 4.21. The molecule has 4 heterocycles. The Labute approximate surface area is 138 Å². The van der Waals surface area contributed by atoms with E-state index < -0.39 is 0 Å². The standard InChI is InChI=1S/C16H16FN7/c17-13-11-18-12-19-16(13)23-9-7-22(8-10-23)14-3-1-4-15(21-14)24-6-2-5-20-24/h1-6,11-12H,7-10H2. The van der Waals surface area contributed by atoms with Crippen LogP contribution in [-0.4, -0.2) is 50.9 Å². The fourth-order valence-electron chi connectivity index (χ4n) is 2.81. The summed E-state index contributed by atoms with van der Waals surface area (Å²) in [6.07, 6.45) is 6.16. The first-order valence-electron chi connectivity index (χ1n) is 7.74. The van der Waals surface area contributed by atoms with E-state index in [1.807, 2.05) is 35.4 Å². The molecule has 3 aromatic rings. The van der Waals surface area contributed by atoms with Gasteiger partial charge in [0.1, 0.15) is 12.1 Å². The van der Waals surface area contributed by atoms with Crippen LogP contribution in [0.3, 0.4) is 0 Å². The summed E-state index contributed by atoms with van der Waals surface area (Å²) >= 11 is 0. The second kappa shape index (κ2) is 6.23. The first-order valence-corrected chi connectivity index (χ1v) is 7.74. The minimum Gasteiger partial charge on any atom is -0.353 e. The molecule has 0 radical (unpaired) electrons. The predicted molar refractivity (Wildman–Crippen MR) is 87.8 cm³/mol. The van der Waals surface area contributed by atoms with Crippen LogP contribution < -0.4 is 9.80 Å². The lowest BCUT2D eigenvalue weighted by atomic mass is 10.3. The highest BCUT2D eigenvalue weighted by Gasteiger charge is 2.21. The second-order valence-electron chi connectivity index (χ2n) is 5.47. The number of anilines is 2. The van der Waals surface area contributed by atoms with Crippen LogP contribution in [0.4, 0.5) is 16.0 Å². The van der Waals surface area contributed by atoms with Gasteiger partial charge in [-0.15, -0.1) is 0 Å². The van der Waals surface area contributed by atoms with Crippen molar-refractivity contribution in [2.24, 2.45) is 0 Å². The number of hydrogen-bond acceptors (Lipinski definition) is 6. The molecule has 8 heteroatoms. The van der Waals surface area contributed by atoms with E-state index in [1.54, 1.807) is 10.9 Å². The highest BCUT2D eigenvalue weighted by molar-refractivity contribution is 5.46. The molecular weight excluding hydrogens is 309 g/mol. The summed E-state index contributed by atoms with van der Waals surface area (Å²) in [5.74, 6) is 1.65. The molecular formula is C16H16FN7. The lowest BCUT2D eigenvalue weighted by Crippen LogP contribution is -2.47. The molecule has 0 saturated carbocycles. The topological polar surface area (TPSA) is 63.0 Å². The van der Waals surface area contributed by atoms with E-state index in [2.05, 4.69) is 25.0 Å². The monoisotopic (exact) mass is 325 g/mol. The van der Waals surface area contributed by atoms with E-state index >= 15 is 0 Å². The summed E-state index contributed by atoms with van der Waals surface area (Å²) in [5.41, 5.74) is 0. The van der Waals surface area contributed by atoms with Crippen LogP contribution in [0.2, 0.25) is 0 Å². The first-order chi connectivity index (χ1) is 11.8. The van der Waals surface area contributed by atoms with Gasteiger partial charge in [0.05, 0.1) is 6.20 Å². The Balaban J connectivity index is 1.48. The molecule has 0 unspecified atom stereocenters. The summed E-state index contributed by atoms with van der Waals surface area (Å²) in [6.45, 7) is 2.86. The predicted octanol–water partition coefficient (Wildman–Crippen LogP) is 1.52.